The van der Waals surface area contributed by atoms with Gasteiger partial charge in [-0.25, -0.2) is 15.0 Å². The molecule has 0 aliphatic carbocycles. The number of hydrogen-bond acceptors (Lipinski definition) is 7. The molecule has 7 nitrogen and oxygen atoms in total. The SMILES string of the molecule is CCNc1ncnc(NCc2ncc(CC)o2)c1OC. The maximum Gasteiger partial charge on any atom is 0.213 e. The Morgan fingerprint density at radius 2 is 1.90 bits per heavy atom. The van der Waals surface area contributed by atoms with E-state index in [1.54, 1.807) is 13.3 Å². The highest BCUT2D eigenvalue weighted by molar-refractivity contribution is 5.63. The van der Waals surface area contributed by atoms with Gasteiger partial charge in [-0.05, 0) is 6.92 Å². The normalized spacial score (nSPS) is 10.3. The van der Waals surface area contributed by atoms with Crippen LogP contribution in [0.1, 0.15) is 25.5 Å². The molecule has 2 aromatic rings. The molecule has 20 heavy (non-hydrogen) atoms. The van der Waals surface area contributed by atoms with Gasteiger partial charge in [-0.1, -0.05) is 6.92 Å². The summed E-state index contributed by atoms with van der Waals surface area (Å²) in [6.07, 6.45) is 4.04. The molecular formula is C13H19N5O2. The van der Waals surface area contributed by atoms with Gasteiger partial charge in [0, 0.05) is 13.0 Å². The van der Waals surface area contributed by atoms with E-state index in [0.717, 1.165) is 18.7 Å². The van der Waals surface area contributed by atoms with E-state index < -0.39 is 0 Å². The fourth-order valence-electron chi connectivity index (χ4n) is 1.74. The zero-order chi connectivity index (χ0) is 14.4. The van der Waals surface area contributed by atoms with Crippen molar-refractivity contribution in [2.75, 3.05) is 24.3 Å². The van der Waals surface area contributed by atoms with Crippen LogP contribution in [0.3, 0.4) is 0 Å². The first-order valence-corrected chi connectivity index (χ1v) is 6.58. The highest BCUT2D eigenvalue weighted by Gasteiger charge is 2.12. The fraction of sp³-hybridized carbons (Fsp3) is 0.462. The Labute approximate surface area is 117 Å². The van der Waals surface area contributed by atoms with Crippen molar-refractivity contribution in [1.29, 1.82) is 0 Å². The lowest BCUT2D eigenvalue weighted by Gasteiger charge is -2.12. The van der Waals surface area contributed by atoms with E-state index in [0.29, 0.717) is 29.8 Å². The van der Waals surface area contributed by atoms with Gasteiger partial charge in [0.05, 0.1) is 19.9 Å². The summed E-state index contributed by atoms with van der Waals surface area (Å²) in [5.41, 5.74) is 0. The van der Waals surface area contributed by atoms with E-state index in [1.807, 2.05) is 13.8 Å². The van der Waals surface area contributed by atoms with Crippen molar-refractivity contribution in [2.24, 2.45) is 0 Å². The van der Waals surface area contributed by atoms with Crippen LogP contribution in [0.2, 0.25) is 0 Å². The zero-order valence-electron chi connectivity index (χ0n) is 11.9. The van der Waals surface area contributed by atoms with Gasteiger partial charge in [0.25, 0.3) is 0 Å². The Morgan fingerprint density at radius 1 is 1.15 bits per heavy atom. The first-order chi connectivity index (χ1) is 9.78. The minimum atomic E-state index is 0.443. The van der Waals surface area contributed by atoms with E-state index in [9.17, 15) is 0 Å². The summed E-state index contributed by atoms with van der Waals surface area (Å²) in [5.74, 6) is 3.33. The van der Waals surface area contributed by atoms with Gasteiger partial charge in [0.1, 0.15) is 12.1 Å². The molecule has 0 unspecified atom stereocenters. The van der Waals surface area contributed by atoms with Crippen LogP contribution in [0, 0.1) is 0 Å². The number of aromatic nitrogens is 3. The van der Waals surface area contributed by atoms with E-state index >= 15 is 0 Å². The predicted molar refractivity (Wildman–Crippen MR) is 76.0 cm³/mol. The molecule has 7 heteroatoms. The zero-order valence-corrected chi connectivity index (χ0v) is 11.9. The van der Waals surface area contributed by atoms with Crippen molar-refractivity contribution in [2.45, 2.75) is 26.8 Å². The van der Waals surface area contributed by atoms with E-state index in [2.05, 4.69) is 25.6 Å². The molecule has 0 radical (unpaired) electrons. The van der Waals surface area contributed by atoms with E-state index in [-0.39, 0.29) is 0 Å². The summed E-state index contributed by atoms with van der Waals surface area (Å²) in [4.78, 5) is 12.5. The summed E-state index contributed by atoms with van der Waals surface area (Å²) in [7, 11) is 1.59. The van der Waals surface area contributed by atoms with Gasteiger partial charge in [-0.3, -0.25) is 0 Å². The number of methoxy groups -OCH3 is 1. The molecule has 0 aliphatic rings. The molecule has 2 aromatic heterocycles. The molecule has 0 amide bonds. The van der Waals surface area contributed by atoms with Crippen molar-refractivity contribution in [3.8, 4) is 5.75 Å². The number of hydrogen-bond donors (Lipinski definition) is 2. The van der Waals surface area contributed by atoms with Crippen LogP contribution in [0.15, 0.2) is 16.9 Å². The predicted octanol–water partition coefficient (Wildman–Crippen LogP) is 2.08. The molecular weight excluding hydrogens is 258 g/mol. The average Bonchev–Trinajstić information content (AvgIpc) is 2.93. The Hall–Kier alpha value is -2.31. The molecule has 108 valence electrons. The maximum absolute atomic E-state index is 5.53. The number of nitrogens with one attached hydrogen (secondary N) is 2. The Bertz CT molecular complexity index is 555. The van der Waals surface area contributed by atoms with Crippen LogP contribution in [0.25, 0.3) is 0 Å². The number of anilines is 2. The smallest absolute Gasteiger partial charge is 0.213 e. The van der Waals surface area contributed by atoms with Crippen molar-refractivity contribution in [3.63, 3.8) is 0 Å². The lowest BCUT2D eigenvalue weighted by Crippen LogP contribution is -2.08. The third-order valence-corrected chi connectivity index (χ3v) is 2.71. The summed E-state index contributed by atoms with van der Waals surface area (Å²) < 4.78 is 10.9. The number of aryl methyl sites for hydroxylation is 1. The number of oxazole rings is 1. The van der Waals surface area contributed by atoms with Gasteiger partial charge in [0.2, 0.25) is 11.6 Å². The summed E-state index contributed by atoms with van der Waals surface area (Å²) in [6.45, 7) is 5.22. The largest absolute Gasteiger partial charge is 0.490 e. The second-order valence-electron chi connectivity index (χ2n) is 4.06. The lowest BCUT2D eigenvalue weighted by molar-refractivity contribution is 0.414. The monoisotopic (exact) mass is 277 g/mol. The molecule has 0 spiro atoms. The first kappa shape index (κ1) is 14.1. The molecule has 0 saturated heterocycles. The van der Waals surface area contributed by atoms with Gasteiger partial charge < -0.3 is 19.8 Å². The van der Waals surface area contributed by atoms with Crippen LogP contribution in [0.5, 0.6) is 5.75 Å². The second kappa shape index (κ2) is 6.74. The quantitative estimate of drug-likeness (QED) is 0.801. The Balaban J connectivity index is 2.10. The van der Waals surface area contributed by atoms with Crippen LogP contribution < -0.4 is 15.4 Å². The minimum Gasteiger partial charge on any atom is -0.490 e. The Kier molecular flexibility index (Phi) is 4.75. The molecule has 2 heterocycles. The minimum absolute atomic E-state index is 0.443. The van der Waals surface area contributed by atoms with Gasteiger partial charge in [-0.15, -0.1) is 0 Å². The molecule has 0 saturated carbocycles. The van der Waals surface area contributed by atoms with Crippen LogP contribution in [-0.4, -0.2) is 28.6 Å². The van der Waals surface area contributed by atoms with Gasteiger partial charge >= 0.3 is 0 Å². The van der Waals surface area contributed by atoms with E-state index in [1.165, 1.54) is 6.33 Å². The molecule has 2 rings (SSSR count). The highest BCUT2D eigenvalue weighted by Crippen LogP contribution is 2.28. The topological polar surface area (TPSA) is 85.1 Å². The Morgan fingerprint density at radius 3 is 2.50 bits per heavy atom. The van der Waals surface area contributed by atoms with Gasteiger partial charge in [-0.2, -0.15) is 0 Å². The summed E-state index contributed by atoms with van der Waals surface area (Å²) >= 11 is 0. The summed E-state index contributed by atoms with van der Waals surface area (Å²) in [6, 6.07) is 0. The standard InChI is InChI=1S/C13H19N5O2/c1-4-9-6-15-10(20-9)7-16-13-11(19-3)12(14-5-2)17-8-18-13/h6,8H,4-5,7H2,1-3H3,(H2,14,16,17,18). The third-order valence-electron chi connectivity index (χ3n) is 2.71. The van der Waals surface area contributed by atoms with Crippen molar-refractivity contribution in [1.82, 2.24) is 15.0 Å². The van der Waals surface area contributed by atoms with Crippen LogP contribution in [-0.2, 0) is 13.0 Å². The molecule has 0 fully saturated rings. The van der Waals surface area contributed by atoms with Crippen molar-refractivity contribution in [3.05, 3.63) is 24.2 Å². The van der Waals surface area contributed by atoms with Crippen molar-refractivity contribution < 1.29 is 9.15 Å². The van der Waals surface area contributed by atoms with Crippen LogP contribution in [0.4, 0.5) is 11.6 Å². The number of ether oxygens (including phenoxy) is 1. The lowest BCUT2D eigenvalue weighted by atomic mass is 10.4. The fourth-order valence-corrected chi connectivity index (χ4v) is 1.74. The van der Waals surface area contributed by atoms with Crippen LogP contribution >= 0.6 is 0 Å². The molecule has 0 aliphatic heterocycles. The molecule has 2 N–H and O–H groups in total. The second-order valence-corrected chi connectivity index (χ2v) is 4.06. The molecule has 0 atom stereocenters. The maximum atomic E-state index is 5.53. The number of rotatable bonds is 7. The molecule has 0 bridgehead atoms. The first-order valence-electron chi connectivity index (χ1n) is 6.58. The summed E-state index contributed by atoms with van der Waals surface area (Å²) in [5, 5.41) is 6.27. The van der Waals surface area contributed by atoms with Gasteiger partial charge in [0.15, 0.2) is 11.6 Å². The van der Waals surface area contributed by atoms with Crippen molar-refractivity contribution >= 4 is 11.6 Å². The average molecular weight is 277 g/mol. The molecule has 0 aromatic carbocycles. The highest BCUT2D eigenvalue weighted by atomic mass is 16.5. The third kappa shape index (κ3) is 3.17. The number of nitrogens with zero attached hydrogens (tertiary/aromatic N) is 3. The van der Waals surface area contributed by atoms with E-state index in [4.69, 9.17) is 9.15 Å².